The molecule has 1 aliphatic heterocycles. The molecular weight excluding hydrogens is 351 g/mol. The van der Waals surface area contributed by atoms with Gasteiger partial charge in [0.25, 0.3) is 5.91 Å². The highest BCUT2D eigenvalue weighted by Crippen LogP contribution is 2.15. The molecule has 4 amide bonds. The number of pyridine rings is 1. The second kappa shape index (κ2) is 8.39. The number of imide groups is 1. The van der Waals surface area contributed by atoms with Gasteiger partial charge in [0, 0.05) is 12.6 Å². The first kappa shape index (κ1) is 18.5. The highest BCUT2D eigenvalue weighted by Gasteiger charge is 2.37. The van der Waals surface area contributed by atoms with E-state index in [1.807, 2.05) is 6.07 Å². The first-order chi connectivity index (χ1) is 13.0. The smallest absolute Gasteiger partial charge is 0.325 e. The van der Waals surface area contributed by atoms with Crippen LogP contribution in [0.3, 0.4) is 0 Å². The molecule has 0 bridgehead atoms. The minimum atomic E-state index is -0.758. The van der Waals surface area contributed by atoms with E-state index in [1.54, 1.807) is 24.4 Å². The van der Waals surface area contributed by atoms with Gasteiger partial charge in [-0.1, -0.05) is 18.2 Å². The summed E-state index contributed by atoms with van der Waals surface area (Å²) in [5.41, 5.74) is 1.25. The van der Waals surface area contributed by atoms with Gasteiger partial charge in [0.1, 0.15) is 11.9 Å². The molecule has 140 valence electrons. The van der Waals surface area contributed by atoms with Gasteiger partial charge in [0.2, 0.25) is 5.91 Å². The zero-order valence-corrected chi connectivity index (χ0v) is 14.5. The normalized spacial score (nSPS) is 16.3. The summed E-state index contributed by atoms with van der Waals surface area (Å²) in [6.45, 7) is 0.293. The molecule has 3 rings (SSSR count). The van der Waals surface area contributed by atoms with Crippen LogP contribution in [-0.4, -0.2) is 33.8 Å². The average Bonchev–Trinajstić information content (AvgIpc) is 2.93. The monoisotopic (exact) mass is 370 g/mol. The molecule has 27 heavy (non-hydrogen) atoms. The third-order valence-electron chi connectivity index (χ3n) is 4.19. The highest BCUT2D eigenvalue weighted by molar-refractivity contribution is 6.04. The van der Waals surface area contributed by atoms with Gasteiger partial charge in [0.05, 0.1) is 18.8 Å². The first-order valence-electron chi connectivity index (χ1n) is 8.56. The average molecular weight is 370 g/mol. The zero-order valence-electron chi connectivity index (χ0n) is 14.5. The van der Waals surface area contributed by atoms with Crippen LogP contribution in [0, 0.1) is 5.82 Å². The van der Waals surface area contributed by atoms with Crippen molar-refractivity contribution in [3.63, 3.8) is 0 Å². The maximum absolute atomic E-state index is 13.3. The number of hydrogen-bond donors (Lipinski definition) is 2. The maximum Gasteiger partial charge on any atom is 0.325 e. The van der Waals surface area contributed by atoms with Crippen molar-refractivity contribution in [1.82, 2.24) is 20.5 Å². The molecule has 2 N–H and O–H groups in total. The van der Waals surface area contributed by atoms with E-state index in [1.165, 1.54) is 18.2 Å². The Morgan fingerprint density at radius 3 is 2.81 bits per heavy atom. The minimum absolute atomic E-state index is 0.00913. The summed E-state index contributed by atoms with van der Waals surface area (Å²) in [6.07, 6.45) is 1.93. The molecule has 1 aliphatic rings. The Balaban J connectivity index is 1.49. The van der Waals surface area contributed by atoms with E-state index in [9.17, 15) is 18.8 Å². The summed E-state index contributed by atoms with van der Waals surface area (Å²) in [6, 6.07) is 9.85. The van der Waals surface area contributed by atoms with Gasteiger partial charge in [-0.3, -0.25) is 19.5 Å². The van der Waals surface area contributed by atoms with Gasteiger partial charge in [-0.25, -0.2) is 9.18 Å². The van der Waals surface area contributed by atoms with Crippen LogP contribution in [0.2, 0.25) is 0 Å². The second-order valence-electron chi connectivity index (χ2n) is 6.19. The van der Waals surface area contributed by atoms with Crippen LogP contribution in [0.5, 0.6) is 0 Å². The van der Waals surface area contributed by atoms with Crippen molar-refractivity contribution in [2.45, 2.75) is 32.0 Å². The molecule has 0 spiro atoms. The number of nitrogens with zero attached hydrogens (tertiary/aromatic N) is 2. The third kappa shape index (κ3) is 4.87. The quantitative estimate of drug-likeness (QED) is 0.727. The van der Waals surface area contributed by atoms with Crippen molar-refractivity contribution in [2.75, 3.05) is 0 Å². The largest absolute Gasteiger partial charge is 0.350 e. The minimum Gasteiger partial charge on any atom is -0.350 e. The number of carbonyl (C=O) groups is 3. The van der Waals surface area contributed by atoms with Gasteiger partial charge >= 0.3 is 6.03 Å². The van der Waals surface area contributed by atoms with E-state index in [4.69, 9.17) is 0 Å². The van der Waals surface area contributed by atoms with Crippen LogP contribution in [0.1, 0.15) is 24.1 Å². The molecular formula is C19H19FN4O3. The van der Waals surface area contributed by atoms with Crippen LogP contribution >= 0.6 is 0 Å². The zero-order chi connectivity index (χ0) is 19.2. The van der Waals surface area contributed by atoms with E-state index in [-0.39, 0.29) is 25.3 Å². The summed E-state index contributed by atoms with van der Waals surface area (Å²) in [5, 5.41) is 5.29. The van der Waals surface area contributed by atoms with E-state index >= 15 is 0 Å². The fourth-order valence-electron chi connectivity index (χ4n) is 2.80. The van der Waals surface area contributed by atoms with Gasteiger partial charge in [-0.05, 0) is 36.2 Å². The number of benzene rings is 1. The van der Waals surface area contributed by atoms with Crippen LogP contribution in [0.15, 0.2) is 48.7 Å². The number of aromatic nitrogens is 1. The topological polar surface area (TPSA) is 91.4 Å². The molecule has 1 saturated heterocycles. The van der Waals surface area contributed by atoms with Gasteiger partial charge < -0.3 is 10.6 Å². The Morgan fingerprint density at radius 1 is 1.22 bits per heavy atom. The lowest BCUT2D eigenvalue weighted by molar-refractivity contribution is -0.128. The van der Waals surface area contributed by atoms with Gasteiger partial charge in [0.15, 0.2) is 0 Å². The number of carbonyl (C=O) groups excluding carboxylic acids is 3. The molecule has 1 atom stereocenters. The lowest BCUT2D eigenvalue weighted by Gasteiger charge is -2.13. The summed E-state index contributed by atoms with van der Waals surface area (Å²) in [5.74, 6) is -1.08. The number of nitrogens with one attached hydrogen (secondary N) is 2. The molecule has 0 aliphatic carbocycles. The Labute approximate surface area is 155 Å². The van der Waals surface area contributed by atoms with E-state index in [0.717, 1.165) is 10.6 Å². The highest BCUT2D eigenvalue weighted by atomic mass is 19.1. The molecule has 7 nitrogen and oxygen atoms in total. The molecule has 0 unspecified atom stereocenters. The fraction of sp³-hybridized carbons (Fsp3) is 0.263. The van der Waals surface area contributed by atoms with E-state index in [2.05, 4.69) is 15.6 Å². The maximum atomic E-state index is 13.3. The molecule has 1 aromatic heterocycles. The predicted molar refractivity (Wildman–Crippen MR) is 94.6 cm³/mol. The van der Waals surface area contributed by atoms with E-state index < -0.39 is 23.8 Å². The van der Waals surface area contributed by atoms with Crippen molar-refractivity contribution in [1.29, 1.82) is 0 Å². The molecule has 2 aromatic rings. The number of hydrogen-bond acceptors (Lipinski definition) is 4. The Hall–Kier alpha value is -3.29. The van der Waals surface area contributed by atoms with Gasteiger partial charge in [-0.2, -0.15) is 0 Å². The number of amides is 4. The Bertz CT molecular complexity index is 844. The first-order valence-corrected chi connectivity index (χ1v) is 8.56. The van der Waals surface area contributed by atoms with Gasteiger partial charge in [-0.15, -0.1) is 0 Å². The Morgan fingerprint density at radius 2 is 2.07 bits per heavy atom. The van der Waals surface area contributed by atoms with Crippen molar-refractivity contribution in [2.24, 2.45) is 0 Å². The lowest BCUT2D eigenvalue weighted by Crippen LogP contribution is -2.32. The number of urea groups is 1. The van der Waals surface area contributed by atoms with Crippen LogP contribution in [0.25, 0.3) is 0 Å². The third-order valence-corrected chi connectivity index (χ3v) is 4.19. The van der Waals surface area contributed by atoms with Crippen LogP contribution < -0.4 is 10.6 Å². The lowest BCUT2D eigenvalue weighted by atomic mass is 10.1. The number of halogens is 1. The fourth-order valence-corrected chi connectivity index (χ4v) is 2.80. The Kier molecular flexibility index (Phi) is 5.75. The van der Waals surface area contributed by atoms with Crippen molar-refractivity contribution < 1.29 is 18.8 Å². The van der Waals surface area contributed by atoms with Crippen LogP contribution in [0.4, 0.5) is 9.18 Å². The van der Waals surface area contributed by atoms with Crippen molar-refractivity contribution in [3.05, 3.63) is 65.7 Å². The number of rotatable bonds is 7. The summed E-state index contributed by atoms with van der Waals surface area (Å²) in [4.78, 5) is 41.5. The molecule has 8 heteroatoms. The van der Waals surface area contributed by atoms with Crippen LogP contribution in [-0.2, 0) is 22.7 Å². The molecule has 1 fully saturated rings. The predicted octanol–water partition coefficient (Wildman–Crippen LogP) is 1.74. The standard InChI is InChI=1S/C19H19FN4O3/c20-14-5-3-4-13(10-14)12-24-18(26)16(23-19(24)27)7-8-17(25)22-11-15-6-1-2-9-21-15/h1-6,9-10,16H,7-8,11-12H2,(H,22,25)(H,23,27)/t16-/m1/s1. The summed E-state index contributed by atoms with van der Waals surface area (Å²) >= 11 is 0. The van der Waals surface area contributed by atoms with E-state index in [0.29, 0.717) is 12.1 Å². The van der Waals surface area contributed by atoms with Crippen molar-refractivity contribution >= 4 is 17.8 Å². The second-order valence-corrected chi connectivity index (χ2v) is 6.19. The molecule has 0 saturated carbocycles. The summed E-state index contributed by atoms with van der Waals surface area (Å²) in [7, 11) is 0. The molecule has 1 aromatic carbocycles. The SMILES string of the molecule is O=C(CC[C@H]1NC(=O)N(Cc2cccc(F)c2)C1=O)NCc1ccccn1. The van der Waals surface area contributed by atoms with Crippen molar-refractivity contribution in [3.8, 4) is 0 Å². The molecule has 0 radical (unpaired) electrons. The summed E-state index contributed by atoms with van der Waals surface area (Å²) < 4.78 is 13.3. The molecule has 2 heterocycles.